The van der Waals surface area contributed by atoms with Crippen LogP contribution in [-0.2, 0) is 0 Å². The van der Waals surface area contributed by atoms with Crippen molar-refractivity contribution in [1.29, 1.82) is 0 Å². The van der Waals surface area contributed by atoms with Crippen LogP contribution in [0.25, 0.3) is 11.0 Å². The van der Waals surface area contributed by atoms with E-state index in [1.165, 1.54) is 18.2 Å². The SMILES string of the molecule is O=C(Nc1ccccc1F)c1cc(=O)c2ccc(Br)cc2o1. The number of hydrogen-bond acceptors (Lipinski definition) is 3. The maximum Gasteiger partial charge on any atom is 0.291 e. The van der Waals surface area contributed by atoms with E-state index in [0.717, 1.165) is 10.5 Å². The summed E-state index contributed by atoms with van der Waals surface area (Å²) in [7, 11) is 0. The first-order valence-electron chi connectivity index (χ1n) is 6.34. The van der Waals surface area contributed by atoms with Gasteiger partial charge in [0, 0.05) is 10.5 Å². The summed E-state index contributed by atoms with van der Waals surface area (Å²) in [5.41, 5.74) is -0.0440. The molecule has 0 atom stereocenters. The number of benzene rings is 2. The number of halogens is 2. The molecule has 110 valence electrons. The average Bonchev–Trinajstić information content (AvgIpc) is 2.49. The van der Waals surface area contributed by atoms with Crippen LogP contribution in [0.1, 0.15) is 10.6 Å². The van der Waals surface area contributed by atoms with E-state index < -0.39 is 11.7 Å². The Bertz CT molecular complexity index is 936. The summed E-state index contributed by atoms with van der Waals surface area (Å²) in [5, 5.41) is 2.74. The Morgan fingerprint density at radius 2 is 1.91 bits per heavy atom. The van der Waals surface area contributed by atoms with Crippen LogP contribution >= 0.6 is 15.9 Å². The van der Waals surface area contributed by atoms with E-state index in [0.29, 0.717) is 5.39 Å². The molecule has 4 nitrogen and oxygen atoms in total. The van der Waals surface area contributed by atoms with Gasteiger partial charge in [0.15, 0.2) is 11.2 Å². The van der Waals surface area contributed by atoms with Crippen molar-refractivity contribution in [1.82, 2.24) is 0 Å². The third-order valence-electron chi connectivity index (χ3n) is 3.04. The molecule has 1 amide bonds. The molecule has 0 spiro atoms. The summed E-state index contributed by atoms with van der Waals surface area (Å²) >= 11 is 3.27. The molecule has 0 saturated heterocycles. The predicted octanol–water partition coefficient (Wildman–Crippen LogP) is 3.95. The smallest absolute Gasteiger partial charge is 0.291 e. The molecule has 0 aliphatic heterocycles. The lowest BCUT2D eigenvalue weighted by Gasteiger charge is -2.06. The van der Waals surface area contributed by atoms with Crippen LogP contribution in [0.15, 0.2) is 62.2 Å². The Balaban J connectivity index is 2.01. The van der Waals surface area contributed by atoms with Crippen molar-refractivity contribution in [3.05, 3.63) is 74.8 Å². The fourth-order valence-corrected chi connectivity index (χ4v) is 2.33. The molecule has 3 rings (SSSR count). The van der Waals surface area contributed by atoms with Crippen LogP contribution < -0.4 is 10.7 Å². The first-order chi connectivity index (χ1) is 10.5. The number of anilines is 1. The molecule has 22 heavy (non-hydrogen) atoms. The minimum atomic E-state index is -0.691. The zero-order chi connectivity index (χ0) is 15.7. The van der Waals surface area contributed by atoms with Gasteiger partial charge in [0.25, 0.3) is 5.91 Å². The zero-order valence-electron chi connectivity index (χ0n) is 11.1. The molecular weight excluding hydrogens is 353 g/mol. The lowest BCUT2D eigenvalue weighted by atomic mass is 10.2. The van der Waals surface area contributed by atoms with E-state index in [-0.39, 0.29) is 22.5 Å². The molecule has 1 heterocycles. The summed E-state index contributed by atoms with van der Waals surface area (Å²) in [6, 6.07) is 11.7. The molecule has 0 radical (unpaired) electrons. The third-order valence-corrected chi connectivity index (χ3v) is 3.53. The highest BCUT2D eigenvalue weighted by molar-refractivity contribution is 9.10. The maximum atomic E-state index is 13.5. The average molecular weight is 362 g/mol. The molecule has 1 aromatic heterocycles. The van der Waals surface area contributed by atoms with Crippen LogP contribution in [0.2, 0.25) is 0 Å². The van der Waals surface area contributed by atoms with Crippen molar-refractivity contribution in [2.75, 3.05) is 5.32 Å². The predicted molar refractivity (Wildman–Crippen MR) is 84.5 cm³/mol. The van der Waals surface area contributed by atoms with Crippen molar-refractivity contribution in [2.45, 2.75) is 0 Å². The van der Waals surface area contributed by atoms with Crippen molar-refractivity contribution >= 4 is 38.5 Å². The Hall–Kier alpha value is -2.47. The lowest BCUT2D eigenvalue weighted by molar-refractivity contribution is 0.0996. The highest BCUT2D eigenvalue weighted by atomic mass is 79.9. The topological polar surface area (TPSA) is 59.3 Å². The van der Waals surface area contributed by atoms with E-state index >= 15 is 0 Å². The van der Waals surface area contributed by atoms with Gasteiger partial charge in [-0.25, -0.2) is 4.39 Å². The van der Waals surface area contributed by atoms with Crippen LogP contribution in [0.4, 0.5) is 10.1 Å². The van der Waals surface area contributed by atoms with Crippen LogP contribution in [0, 0.1) is 5.82 Å². The number of carbonyl (C=O) groups excluding carboxylic acids is 1. The molecule has 1 N–H and O–H groups in total. The minimum Gasteiger partial charge on any atom is -0.451 e. The molecule has 0 aliphatic carbocycles. The van der Waals surface area contributed by atoms with Gasteiger partial charge in [0.1, 0.15) is 11.4 Å². The van der Waals surface area contributed by atoms with Gasteiger partial charge >= 0.3 is 0 Å². The fourth-order valence-electron chi connectivity index (χ4n) is 1.99. The van der Waals surface area contributed by atoms with Gasteiger partial charge in [0.05, 0.1) is 11.1 Å². The van der Waals surface area contributed by atoms with Gasteiger partial charge in [-0.05, 0) is 30.3 Å². The number of fused-ring (bicyclic) bond motifs is 1. The Morgan fingerprint density at radius 3 is 2.68 bits per heavy atom. The van der Waals surface area contributed by atoms with Gasteiger partial charge in [-0.15, -0.1) is 0 Å². The van der Waals surface area contributed by atoms with E-state index in [1.54, 1.807) is 24.3 Å². The van der Waals surface area contributed by atoms with Gasteiger partial charge in [-0.3, -0.25) is 9.59 Å². The van der Waals surface area contributed by atoms with E-state index in [1.807, 2.05) is 0 Å². The number of nitrogens with one attached hydrogen (secondary N) is 1. The number of hydrogen-bond donors (Lipinski definition) is 1. The molecular formula is C16H9BrFNO3. The fraction of sp³-hybridized carbons (Fsp3) is 0. The number of amides is 1. The third kappa shape index (κ3) is 2.78. The van der Waals surface area contributed by atoms with Crippen LogP contribution in [0.3, 0.4) is 0 Å². The van der Waals surface area contributed by atoms with Gasteiger partial charge in [0.2, 0.25) is 0 Å². The maximum absolute atomic E-state index is 13.5. The molecule has 0 bridgehead atoms. The van der Waals surface area contributed by atoms with Crippen molar-refractivity contribution in [3.63, 3.8) is 0 Å². The highest BCUT2D eigenvalue weighted by Gasteiger charge is 2.14. The lowest BCUT2D eigenvalue weighted by Crippen LogP contribution is -2.15. The van der Waals surface area contributed by atoms with E-state index in [4.69, 9.17) is 4.42 Å². The van der Waals surface area contributed by atoms with Crippen molar-refractivity contribution in [3.8, 4) is 0 Å². The Kier molecular flexibility index (Phi) is 3.77. The largest absolute Gasteiger partial charge is 0.451 e. The van der Waals surface area contributed by atoms with Crippen molar-refractivity contribution in [2.24, 2.45) is 0 Å². The number of rotatable bonds is 2. The molecule has 0 aliphatic rings. The Labute approximate surface area is 132 Å². The Morgan fingerprint density at radius 1 is 1.14 bits per heavy atom. The van der Waals surface area contributed by atoms with E-state index in [9.17, 15) is 14.0 Å². The van der Waals surface area contributed by atoms with Gasteiger partial charge in [-0.1, -0.05) is 28.1 Å². The molecule has 3 aromatic rings. The van der Waals surface area contributed by atoms with Crippen molar-refractivity contribution < 1.29 is 13.6 Å². The molecule has 0 fully saturated rings. The van der Waals surface area contributed by atoms with Gasteiger partial charge in [-0.2, -0.15) is 0 Å². The second kappa shape index (κ2) is 5.73. The first-order valence-corrected chi connectivity index (χ1v) is 7.13. The summed E-state index contributed by atoms with van der Waals surface area (Å²) in [4.78, 5) is 24.1. The minimum absolute atomic E-state index is 0.0180. The molecule has 6 heteroatoms. The summed E-state index contributed by atoms with van der Waals surface area (Å²) in [5.74, 6) is -1.44. The summed E-state index contributed by atoms with van der Waals surface area (Å²) < 4.78 is 19.7. The summed E-state index contributed by atoms with van der Waals surface area (Å²) in [6.45, 7) is 0. The number of carbonyl (C=O) groups is 1. The molecule has 2 aromatic carbocycles. The summed E-state index contributed by atoms with van der Waals surface area (Å²) in [6.07, 6.45) is 0. The molecule has 0 saturated carbocycles. The monoisotopic (exact) mass is 361 g/mol. The van der Waals surface area contributed by atoms with Crippen LogP contribution in [-0.4, -0.2) is 5.91 Å². The number of para-hydroxylation sites is 1. The van der Waals surface area contributed by atoms with Crippen LogP contribution in [0.5, 0.6) is 0 Å². The standard InChI is InChI=1S/C16H9BrFNO3/c17-9-5-6-10-13(20)8-15(22-14(10)7-9)16(21)19-12-4-2-1-3-11(12)18/h1-8H,(H,19,21). The van der Waals surface area contributed by atoms with Gasteiger partial charge < -0.3 is 9.73 Å². The quantitative estimate of drug-likeness (QED) is 0.751. The van der Waals surface area contributed by atoms with E-state index in [2.05, 4.69) is 21.2 Å². The first kappa shape index (κ1) is 14.5. The normalized spacial score (nSPS) is 10.6. The molecule has 0 unspecified atom stereocenters. The zero-order valence-corrected chi connectivity index (χ0v) is 12.7. The second-order valence-electron chi connectivity index (χ2n) is 4.55. The second-order valence-corrected chi connectivity index (χ2v) is 5.47. The highest BCUT2D eigenvalue weighted by Crippen LogP contribution is 2.19.